The second kappa shape index (κ2) is 8.39. The summed E-state index contributed by atoms with van der Waals surface area (Å²) in [5, 5.41) is 1.40. The predicted molar refractivity (Wildman–Crippen MR) is 91.0 cm³/mol. The Morgan fingerprint density at radius 2 is 2.24 bits per heavy atom. The van der Waals surface area contributed by atoms with E-state index < -0.39 is 0 Å². The van der Waals surface area contributed by atoms with Gasteiger partial charge in [0.25, 0.3) is 0 Å². The summed E-state index contributed by atoms with van der Waals surface area (Å²) in [5.74, 6) is 7.64. The van der Waals surface area contributed by atoms with Crippen molar-refractivity contribution < 1.29 is 4.74 Å². The number of anilines is 2. The van der Waals surface area contributed by atoms with E-state index in [1.165, 1.54) is 5.01 Å². The first-order valence-corrected chi connectivity index (χ1v) is 7.39. The standard InChI is InChI=1S/C15H22N4OS/c1-5-12(7-6-11(2)20-4)10-21-13-8-14(16)15(18-9-13)19(3)17/h5-9H,2,10,16-17H2,1,3-4H3/b7-6-,12-5+. The first kappa shape index (κ1) is 17.1. The number of ether oxygens (including phenoxy) is 1. The molecule has 0 saturated carbocycles. The van der Waals surface area contributed by atoms with E-state index in [-0.39, 0.29) is 0 Å². The van der Waals surface area contributed by atoms with Crippen LogP contribution in [0.5, 0.6) is 0 Å². The number of hydrogen-bond donors (Lipinski definition) is 2. The van der Waals surface area contributed by atoms with Crippen molar-refractivity contribution in [1.82, 2.24) is 4.98 Å². The molecule has 0 fully saturated rings. The first-order valence-electron chi connectivity index (χ1n) is 6.40. The molecule has 0 atom stereocenters. The Balaban J connectivity index is 2.68. The molecule has 0 unspecified atom stereocenters. The highest BCUT2D eigenvalue weighted by molar-refractivity contribution is 7.99. The fourth-order valence-corrected chi connectivity index (χ4v) is 2.42. The zero-order chi connectivity index (χ0) is 15.8. The van der Waals surface area contributed by atoms with Crippen molar-refractivity contribution in [2.24, 2.45) is 5.84 Å². The summed E-state index contributed by atoms with van der Waals surface area (Å²) < 4.78 is 5.00. The third-order valence-corrected chi connectivity index (χ3v) is 3.76. The van der Waals surface area contributed by atoms with Crippen LogP contribution in [0.2, 0.25) is 0 Å². The van der Waals surface area contributed by atoms with Crippen LogP contribution >= 0.6 is 11.8 Å². The summed E-state index contributed by atoms with van der Waals surface area (Å²) in [6.45, 7) is 5.74. The Hall–Kier alpha value is -1.92. The number of nitrogens with two attached hydrogens (primary N) is 2. The highest BCUT2D eigenvalue weighted by Crippen LogP contribution is 2.26. The van der Waals surface area contributed by atoms with E-state index in [1.807, 2.05) is 31.2 Å². The Kier molecular flexibility index (Phi) is 6.84. The number of hydrogen-bond acceptors (Lipinski definition) is 6. The van der Waals surface area contributed by atoms with Crippen LogP contribution in [0.3, 0.4) is 0 Å². The second-order valence-corrected chi connectivity index (χ2v) is 5.40. The molecule has 21 heavy (non-hydrogen) atoms. The number of allylic oxidation sites excluding steroid dienone is 3. The van der Waals surface area contributed by atoms with Crippen molar-refractivity contribution in [2.45, 2.75) is 11.8 Å². The van der Waals surface area contributed by atoms with Crippen molar-refractivity contribution in [3.8, 4) is 0 Å². The maximum Gasteiger partial charge on any atom is 0.165 e. The predicted octanol–water partition coefficient (Wildman–Crippen LogP) is 2.73. The molecule has 0 aliphatic heterocycles. The number of rotatable bonds is 7. The molecule has 0 bridgehead atoms. The topological polar surface area (TPSA) is 77.4 Å². The van der Waals surface area contributed by atoms with Gasteiger partial charge in [0.15, 0.2) is 5.82 Å². The number of aromatic nitrogens is 1. The van der Waals surface area contributed by atoms with Crippen LogP contribution in [0.15, 0.2) is 53.3 Å². The van der Waals surface area contributed by atoms with Gasteiger partial charge in [-0.25, -0.2) is 10.8 Å². The zero-order valence-corrected chi connectivity index (χ0v) is 13.5. The van der Waals surface area contributed by atoms with Gasteiger partial charge in [-0.3, -0.25) is 5.01 Å². The first-order chi connectivity index (χ1) is 9.97. The number of nitrogens with zero attached hydrogens (tertiary/aromatic N) is 2. The van der Waals surface area contributed by atoms with Crippen LogP contribution in [-0.4, -0.2) is 24.9 Å². The Morgan fingerprint density at radius 3 is 2.76 bits per heavy atom. The number of pyridine rings is 1. The quantitative estimate of drug-likeness (QED) is 0.265. The van der Waals surface area contributed by atoms with E-state index in [0.29, 0.717) is 17.3 Å². The van der Waals surface area contributed by atoms with Gasteiger partial charge in [0.2, 0.25) is 0 Å². The minimum Gasteiger partial charge on any atom is -0.497 e. The molecule has 1 heterocycles. The molecular weight excluding hydrogens is 284 g/mol. The molecule has 0 saturated heterocycles. The lowest BCUT2D eigenvalue weighted by molar-refractivity contribution is 0.309. The number of methoxy groups -OCH3 is 1. The molecule has 1 aromatic heterocycles. The monoisotopic (exact) mass is 306 g/mol. The largest absolute Gasteiger partial charge is 0.497 e. The van der Waals surface area contributed by atoms with Gasteiger partial charge in [0.05, 0.1) is 12.8 Å². The highest BCUT2D eigenvalue weighted by Gasteiger charge is 2.05. The molecule has 5 nitrogen and oxygen atoms in total. The summed E-state index contributed by atoms with van der Waals surface area (Å²) in [6.07, 6.45) is 7.64. The minimum atomic E-state index is 0.565. The maximum atomic E-state index is 5.92. The Labute approximate surface area is 130 Å². The third kappa shape index (κ3) is 5.53. The molecule has 1 aromatic rings. The lowest BCUT2D eigenvalue weighted by Crippen LogP contribution is -2.27. The van der Waals surface area contributed by atoms with Gasteiger partial charge >= 0.3 is 0 Å². The lowest BCUT2D eigenvalue weighted by atomic mass is 10.2. The molecule has 114 valence electrons. The van der Waals surface area contributed by atoms with E-state index in [2.05, 4.69) is 11.6 Å². The number of thioether (sulfide) groups is 1. The van der Waals surface area contributed by atoms with Crippen molar-refractivity contribution in [1.29, 1.82) is 0 Å². The highest BCUT2D eigenvalue weighted by atomic mass is 32.2. The van der Waals surface area contributed by atoms with Crippen molar-refractivity contribution in [3.05, 3.63) is 48.4 Å². The van der Waals surface area contributed by atoms with Gasteiger partial charge < -0.3 is 10.5 Å². The van der Waals surface area contributed by atoms with Gasteiger partial charge in [-0.05, 0) is 24.6 Å². The van der Waals surface area contributed by atoms with Gasteiger partial charge in [-0.15, -0.1) is 11.8 Å². The average Bonchev–Trinajstić information content (AvgIpc) is 2.46. The fraction of sp³-hybridized carbons (Fsp3) is 0.267. The summed E-state index contributed by atoms with van der Waals surface area (Å²) in [7, 11) is 3.30. The molecule has 0 aliphatic rings. The summed E-state index contributed by atoms with van der Waals surface area (Å²) in [6, 6.07) is 1.88. The van der Waals surface area contributed by atoms with E-state index in [9.17, 15) is 0 Å². The van der Waals surface area contributed by atoms with Crippen LogP contribution in [0, 0.1) is 0 Å². The van der Waals surface area contributed by atoms with Gasteiger partial charge in [0, 0.05) is 23.9 Å². The van der Waals surface area contributed by atoms with Crippen molar-refractivity contribution >= 4 is 23.3 Å². The van der Waals surface area contributed by atoms with Crippen molar-refractivity contribution in [2.75, 3.05) is 30.7 Å². The van der Waals surface area contributed by atoms with E-state index >= 15 is 0 Å². The van der Waals surface area contributed by atoms with Crippen LogP contribution in [-0.2, 0) is 4.74 Å². The average molecular weight is 306 g/mol. The zero-order valence-electron chi connectivity index (χ0n) is 12.7. The smallest absolute Gasteiger partial charge is 0.165 e. The molecule has 1 rings (SSSR count). The molecular formula is C15H22N4OS. The molecule has 0 spiro atoms. The second-order valence-electron chi connectivity index (χ2n) is 4.35. The molecule has 0 amide bonds. The van der Waals surface area contributed by atoms with E-state index in [1.54, 1.807) is 32.1 Å². The maximum absolute atomic E-state index is 5.92. The molecule has 6 heteroatoms. The third-order valence-electron chi connectivity index (χ3n) is 2.73. The van der Waals surface area contributed by atoms with E-state index in [0.717, 1.165) is 16.2 Å². The van der Waals surface area contributed by atoms with Gasteiger partial charge in [-0.2, -0.15) is 0 Å². The van der Waals surface area contributed by atoms with Gasteiger partial charge in [-0.1, -0.05) is 18.7 Å². The Morgan fingerprint density at radius 1 is 1.52 bits per heavy atom. The number of hydrazine groups is 1. The fourth-order valence-electron chi connectivity index (χ4n) is 1.49. The normalized spacial score (nSPS) is 11.7. The van der Waals surface area contributed by atoms with Crippen LogP contribution in [0.4, 0.5) is 11.5 Å². The Bertz CT molecular complexity index is 553. The molecule has 0 radical (unpaired) electrons. The number of nitrogen functional groups attached to an aromatic ring is 1. The van der Waals surface area contributed by atoms with Crippen LogP contribution in [0.1, 0.15) is 6.92 Å². The van der Waals surface area contributed by atoms with Crippen LogP contribution in [0.25, 0.3) is 0 Å². The molecule has 0 aliphatic carbocycles. The SMILES string of the molecule is C=C(/C=C\C(=C/C)CSc1cnc(N(C)N)c(N)c1)OC. The summed E-state index contributed by atoms with van der Waals surface area (Å²) in [5.41, 5.74) is 7.65. The molecule has 0 aromatic carbocycles. The van der Waals surface area contributed by atoms with Crippen molar-refractivity contribution in [3.63, 3.8) is 0 Å². The lowest BCUT2D eigenvalue weighted by Gasteiger charge is -2.13. The minimum absolute atomic E-state index is 0.565. The van der Waals surface area contributed by atoms with E-state index in [4.69, 9.17) is 16.3 Å². The summed E-state index contributed by atoms with van der Waals surface area (Å²) in [4.78, 5) is 5.25. The van der Waals surface area contributed by atoms with Crippen LogP contribution < -0.4 is 16.6 Å². The van der Waals surface area contributed by atoms with Gasteiger partial charge in [0.1, 0.15) is 5.76 Å². The summed E-state index contributed by atoms with van der Waals surface area (Å²) >= 11 is 1.66. The molecule has 4 N–H and O–H groups in total.